The van der Waals surface area contributed by atoms with Crippen LogP contribution in [0.3, 0.4) is 0 Å². The van der Waals surface area contributed by atoms with E-state index < -0.39 is 0 Å². The molecule has 1 aliphatic rings. The van der Waals surface area contributed by atoms with Crippen LogP contribution in [0.4, 0.5) is 0 Å². The van der Waals surface area contributed by atoms with Crippen molar-refractivity contribution in [3.8, 4) is 0 Å². The van der Waals surface area contributed by atoms with Crippen molar-refractivity contribution in [1.29, 1.82) is 0 Å². The maximum Gasteiger partial charge on any atom is 0.0937 e. The van der Waals surface area contributed by atoms with Gasteiger partial charge in [0.1, 0.15) is 0 Å². The van der Waals surface area contributed by atoms with Gasteiger partial charge in [0, 0.05) is 36.6 Å². The van der Waals surface area contributed by atoms with Crippen molar-refractivity contribution in [1.82, 2.24) is 15.2 Å². The molecule has 1 saturated heterocycles. The number of hydrogen-bond acceptors (Lipinski definition) is 4. The van der Waals surface area contributed by atoms with Crippen LogP contribution in [0.1, 0.15) is 38.6 Å². The lowest BCUT2D eigenvalue weighted by Crippen LogP contribution is -2.53. The molecule has 0 radical (unpaired) electrons. The number of hydrogen-bond donors (Lipinski definition) is 1. The Morgan fingerprint density at radius 1 is 1.47 bits per heavy atom. The third kappa shape index (κ3) is 4.01. The molecule has 1 N–H and O–H groups in total. The maximum atomic E-state index is 4.38. The van der Waals surface area contributed by atoms with E-state index in [0.717, 1.165) is 25.4 Å². The third-order valence-corrected chi connectivity index (χ3v) is 5.29. The molecule has 0 aromatic carbocycles. The molecule has 1 aromatic heterocycles. The Labute approximate surface area is 121 Å². The highest BCUT2D eigenvalue weighted by Gasteiger charge is 2.31. The summed E-state index contributed by atoms with van der Waals surface area (Å²) in [6.45, 7) is 10.5. The maximum absolute atomic E-state index is 4.38. The fourth-order valence-electron chi connectivity index (χ4n) is 2.99. The SMILES string of the molecule is CCCNC1CCN(CCc2nccs2)C(C)C1C. The second kappa shape index (κ2) is 7.36. The molecule has 0 spiro atoms. The first-order chi connectivity index (χ1) is 9.22. The summed E-state index contributed by atoms with van der Waals surface area (Å²) in [7, 11) is 0. The summed E-state index contributed by atoms with van der Waals surface area (Å²) in [5, 5.41) is 7.05. The van der Waals surface area contributed by atoms with Crippen molar-refractivity contribution in [3.63, 3.8) is 0 Å². The molecule has 3 atom stereocenters. The van der Waals surface area contributed by atoms with E-state index in [1.807, 2.05) is 6.20 Å². The zero-order valence-corrected chi connectivity index (χ0v) is 13.2. The number of aromatic nitrogens is 1. The van der Waals surface area contributed by atoms with Crippen molar-refractivity contribution in [2.24, 2.45) is 5.92 Å². The van der Waals surface area contributed by atoms with Crippen LogP contribution in [0.5, 0.6) is 0 Å². The molecule has 3 unspecified atom stereocenters. The number of thiazole rings is 1. The number of likely N-dealkylation sites (tertiary alicyclic amines) is 1. The Hall–Kier alpha value is -0.450. The molecule has 0 bridgehead atoms. The Balaban J connectivity index is 1.81. The predicted octanol–water partition coefficient (Wildman–Crippen LogP) is 2.78. The molecule has 2 heterocycles. The lowest BCUT2D eigenvalue weighted by molar-refractivity contribution is 0.0861. The van der Waals surface area contributed by atoms with E-state index in [1.54, 1.807) is 11.3 Å². The molecular formula is C15H27N3S. The number of rotatable bonds is 6. The van der Waals surface area contributed by atoms with Gasteiger partial charge in [0.2, 0.25) is 0 Å². The van der Waals surface area contributed by atoms with E-state index >= 15 is 0 Å². The molecule has 1 aliphatic heterocycles. The summed E-state index contributed by atoms with van der Waals surface area (Å²) in [6.07, 6.45) is 5.52. The van der Waals surface area contributed by atoms with E-state index in [2.05, 4.69) is 41.4 Å². The smallest absolute Gasteiger partial charge is 0.0937 e. The molecule has 2 rings (SSSR count). The minimum Gasteiger partial charge on any atom is -0.314 e. The Morgan fingerprint density at radius 2 is 2.32 bits per heavy atom. The predicted molar refractivity (Wildman–Crippen MR) is 82.7 cm³/mol. The summed E-state index contributed by atoms with van der Waals surface area (Å²) in [4.78, 5) is 7.01. The van der Waals surface area contributed by atoms with Crippen molar-refractivity contribution >= 4 is 11.3 Å². The molecule has 0 amide bonds. The standard InChI is InChI=1S/C15H27N3S/c1-4-7-16-14-5-9-18(13(3)12(14)2)10-6-15-17-8-11-19-15/h8,11-14,16H,4-7,9-10H2,1-3H3. The van der Waals surface area contributed by atoms with E-state index in [4.69, 9.17) is 0 Å². The van der Waals surface area contributed by atoms with Gasteiger partial charge in [0.15, 0.2) is 0 Å². The van der Waals surface area contributed by atoms with Crippen molar-refractivity contribution in [3.05, 3.63) is 16.6 Å². The van der Waals surface area contributed by atoms with E-state index in [1.165, 1.54) is 24.4 Å². The van der Waals surface area contributed by atoms with E-state index in [0.29, 0.717) is 12.1 Å². The summed E-state index contributed by atoms with van der Waals surface area (Å²) in [5.74, 6) is 0.733. The van der Waals surface area contributed by atoms with Gasteiger partial charge < -0.3 is 5.32 Å². The van der Waals surface area contributed by atoms with Crippen molar-refractivity contribution < 1.29 is 0 Å². The zero-order chi connectivity index (χ0) is 13.7. The molecule has 0 saturated carbocycles. The molecule has 19 heavy (non-hydrogen) atoms. The first kappa shape index (κ1) is 14.9. The number of nitrogens with one attached hydrogen (secondary N) is 1. The minimum absolute atomic E-state index is 0.670. The number of piperidine rings is 1. The molecule has 108 valence electrons. The Morgan fingerprint density at radius 3 is 3.00 bits per heavy atom. The highest BCUT2D eigenvalue weighted by molar-refractivity contribution is 7.09. The minimum atomic E-state index is 0.670. The van der Waals surface area contributed by atoms with Gasteiger partial charge in [-0.1, -0.05) is 13.8 Å². The highest BCUT2D eigenvalue weighted by atomic mass is 32.1. The Bertz CT molecular complexity index is 352. The lowest BCUT2D eigenvalue weighted by Gasteiger charge is -2.43. The molecule has 0 aliphatic carbocycles. The van der Waals surface area contributed by atoms with Gasteiger partial charge in [0.25, 0.3) is 0 Å². The summed E-state index contributed by atoms with van der Waals surface area (Å²) < 4.78 is 0. The molecule has 1 fully saturated rings. The van der Waals surface area contributed by atoms with Crippen LogP contribution in [-0.2, 0) is 6.42 Å². The van der Waals surface area contributed by atoms with Crippen LogP contribution < -0.4 is 5.32 Å². The average molecular weight is 281 g/mol. The van der Waals surface area contributed by atoms with Crippen LogP contribution in [-0.4, -0.2) is 41.6 Å². The van der Waals surface area contributed by atoms with Gasteiger partial charge in [-0.25, -0.2) is 4.98 Å². The second-order valence-corrected chi connectivity index (χ2v) is 6.64. The van der Waals surface area contributed by atoms with Gasteiger partial charge in [-0.15, -0.1) is 11.3 Å². The Kier molecular flexibility index (Phi) is 5.79. The number of nitrogens with zero attached hydrogens (tertiary/aromatic N) is 2. The normalized spacial score (nSPS) is 28.7. The first-order valence-corrected chi connectivity index (χ1v) is 8.46. The fourth-order valence-corrected chi connectivity index (χ4v) is 3.60. The summed E-state index contributed by atoms with van der Waals surface area (Å²) in [5.41, 5.74) is 0. The third-order valence-electron chi connectivity index (χ3n) is 4.45. The van der Waals surface area contributed by atoms with Crippen molar-refractivity contribution in [2.45, 2.75) is 52.1 Å². The van der Waals surface area contributed by atoms with Crippen LogP contribution in [0.2, 0.25) is 0 Å². The van der Waals surface area contributed by atoms with Gasteiger partial charge in [0.05, 0.1) is 5.01 Å². The van der Waals surface area contributed by atoms with E-state index in [9.17, 15) is 0 Å². The van der Waals surface area contributed by atoms with Gasteiger partial charge >= 0.3 is 0 Å². The highest BCUT2D eigenvalue weighted by Crippen LogP contribution is 2.24. The van der Waals surface area contributed by atoms with Gasteiger partial charge in [-0.2, -0.15) is 0 Å². The topological polar surface area (TPSA) is 28.2 Å². The monoisotopic (exact) mass is 281 g/mol. The summed E-state index contributed by atoms with van der Waals surface area (Å²) >= 11 is 1.78. The zero-order valence-electron chi connectivity index (χ0n) is 12.4. The first-order valence-electron chi connectivity index (χ1n) is 7.58. The molecular weight excluding hydrogens is 254 g/mol. The van der Waals surface area contributed by atoms with Crippen LogP contribution in [0.25, 0.3) is 0 Å². The molecule has 3 nitrogen and oxygen atoms in total. The second-order valence-electron chi connectivity index (χ2n) is 5.66. The summed E-state index contributed by atoms with van der Waals surface area (Å²) in [6, 6.07) is 1.37. The van der Waals surface area contributed by atoms with Crippen LogP contribution >= 0.6 is 11.3 Å². The molecule has 1 aromatic rings. The average Bonchev–Trinajstić information content (AvgIpc) is 2.92. The van der Waals surface area contributed by atoms with Gasteiger partial charge in [-0.3, -0.25) is 4.90 Å². The lowest BCUT2D eigenvalue weighted by atomic mass is 9.87. The quantitative estimate of drug-likeness (QED) is 0.869. The van der Waals surface area contributed by atoms with E-state index in [-0.39, 0.29) is 0 Å². The van der Waals surface area contributed by atoms with Gasteiger partial charge in [-0.05, 0) is 38.8 Å². The molecule has 4 heteroatoms. The van der Waals surface area contributed by atoms with Crippen LogP contribution in [0, 0.1) is 5.92 Å². The van der Waals surface area contributed by atoms with Crippen molar-refractivity contribution in [2.75, 3.05) is 19.6 Å². The fraction of sp³-hybridized carbons (Fsp3) is 0.800. The van der Waals surface area contributed by atoms with Crippen LogP contribution in [0.15, 0.2) is 11.6 Å². The largest absolute Gasteiger partial charge is 0.314 e.